The highest BCUT2D eigenvalue weighted by molar-refractivity contribution is 6.30. The summed E-state index contributed by atoms with van der Waals surface area (Å²) in [5.41, 5.74) is 3.88. The average Bonchev–Trinajstić information content (AvgIpc) is 3.51. The number of anilines is 1. The highest BCUT2D eigenvalue weighted by atomic mass is 35.5. The molecule has 3 aromatic heterocycles. The number of fused-ring (bicyclic) bond motifs is 1. The van der Waals surface area contributed by atoms with Gasteiger partial charge in [0.15, 0.2) is 5.65 Å². The lowest BCUT2D eigenvalue weighted by Crippen LogP contribution is -2.43. The lowest BCUT2D eigenvalue weighted by molar-refractivity contribution is 0.0911. The molecule has 4 aromatic rings. The molecule has 0 radical (unpaired) electrons. The van der Waals surface area contributed by atoms with E-state index in [9.17, 15) is 14.3 Å². The Labute approximate surface area is 199 Å². The topological polar surface area (TPSA) is 122 Å². The molecule has 5 rings (SSSR count). The fourth-order valence-corrected chi connectivity index (χ4v) is 4.26. The predicted molar refractivity (Wildman–Crippen MR) is 127 cm³/mol. The molecule has 1 aliphatic rings. The van der Waals surface area contributed by atoms with Gasteiger partial charge < -0.3 is 25.6 Å². The number of benzene rings is 1. The number of pyridine rings is 1. The van der Waals surface area contributed by atoms with Gasteiger partial charge in [-0.2, -0.15) is 5.10 Å². The third kappa shape index (κ3) is 4.35. The van der Waals surface area contributed by atoms with E-state index in [0.29, 0.717) is 22.6 Å². The molecule has 1 saturated heterocycles. The van der Waals surface area contributed by atoms with E-state index in [-0.39, 0.29) is 11.6 Å². The summed E-state index contributed by atoms with van der Waals surface area (Å²) in [5, 5.41) is 24.0. The summed E-state index contributed by atoms with van der Waals surface area (Å²) in [6, 6.07) is 7.06. The van der Waals surface area contributed by atoms with Gasteiger partial charge in [-0.05, 0) is 29.8 Å². The van der Waals surface area contributed by atoms with Gasteiger partial charge in [0, 0.05) is 43.3 Å². The van der Waals surface area contributed by atoms with Crippen molar-refractivity contribution in [2.24, 2.45) is 0 Å². The second-order valence-corrected chi connectivity index (χ2v) is 8.49. The van der Waals surface area contributed by atoms with Gasteiger partial charge in [-0.1, -0.05) is 17.7 Å². The molecule has 34 heavy (non-hydrogen) atoms. The average molecular weight is 484 g/mol. The number of hydrogen-bond acceptors (Lipinski definition) is 6. The van der Waals surface area contributed by atoms with Crippen molar-refractivity contribution < 1.29 is 14.3 Å². The second-order valence-electron chi connectivity index (χ2n) is 8.08. The minimum absolute atomic E-state index is 0.0773. The van der Waals surface area contributed by atoms with Crippen LogP contribution in [0.4, 0.5) is 10.1 Å². The molecule has 1 fully saturated rings. The summed E-state index contributed by atoms with van der Waals surface area (Å²) >= 11 is 5.84. The number of nitrogens with zero attached hydrogens (tertiary/aromatic N) is 3. The van der Waals surface area contributed by atoms with Crippen molar-refractivity contribution in [2.75, 3.05) is 37.7 Å². The molecule has 176 valence electrons. The minimum atomic E-state index is -0.741. The fraction of sp³-hybridized carbons (Fsp3) is 0.261. The van der Waals surface area contributed by atoms with Crippen LogP contribution in [0.25, 0.3) is 22.3 Å². The van der Waals surface area contributed by atoms with Crippen LogP contribution < -0.4 is 15.5 Å². The van der Waals surface area contributed by atoms with E-state index in [1.165, 1.54) is 18.2 Å². The lowest BCUT2D eigenvalue weighted by Gasteiger charge is -2.29. The molecule has 1 atom stereocenters. The van der Waals surface area contributed by atoms with E-state index < -0.39 is 17.8 Å². The molecule has 11 heteroatoms. The van der Waals surface area contributed by atoms with Gasteiger partial charge in [-0.3, -0.25) is 9.89 Å². The van der Waals surface area contributed by atoms with E-state index in [4.69, 9.17) is 11.6 Å². The summed E-state index contributed by atoms with van der Waals surface area (Å²) in [6.45, 7) is 3.28. The fourth-order valence-electron chi connectivity index (χ4n) is 4.07. The maximum Gasteiger partial charge on any atom is 0.268 e. The Hall–Kier alpha value is -3.47. The van der Waals surface area contributed by atoms with Gasteiger partial charge in [-0.25, -0.2) is 9.37 Å². The summed E-state index contributed by atoms with van der Waals surface area (Å²) in [5.74, 6) is -0.992. The van der Waals surface area contributed by atoms with E-state index in [1.807, 2.05) is 6.20 Å². The summed E-state index contributed by atoms with van der Waals surface area (Å²) in [7, 11) is 0. The van der Waals surface area contributed by atoms with Gasteiger partial charge in [0.25, 0.3) is 5.91 Å². The molecule has 1 aliphatic heterocycles. The first kappa shape index (κ1) is 22.3. The van der Waals surface area contributed by atoms with E-state index in [2.05, 4.69) is 41.8 Å². The van der Waals surface area contributed by atoms with Crippen molar-refractivity contribution in [3.05, 3.63) is 64.8 Å². The maximum absolute atomic E-state index is 13.5. The number of hydrogen-bond donors (Lipinski definition) is 5. The van der Waals surface area contributed by atoms with Crippen molar-refractivity contribution in [1.29, 1.82) is 0 Å². The smallest absolute Gasteiger partial charge is 0.268 e. The molecular weight excluding hydrogens is 461 g/mol. The van der Waals surface area contributed by atoms with Crippen LogP contribution in [0, 0.1) is 5.82 Å². The van der Waals surface area contributed by atoms with Crippen molar-refractivity contribution in [3.63, 3.8) is 0 Å². The van der Waals surface area contributed by atoms with Crippen LogP contribution in [0.1, 0.15) is 22.1 Å². The molecule has 0 bridgehead atoms. The molecule has 1 unspecified atom stereocenters. The lowest BCUT2D eigenvalue weighted by atomic mass is 10.1. The van der Waals surface area contributed by atoms with Crippen molar-refractivity contribution in [1.82, 2.24) is 30.8 Å². The zero-order valence-electron chi connectivity index (χ0n) is 18.1. The molecule has 1 amide bonds. The Morgan fingerprint density at radius 3 is 2.85 bits per heavy atom. The van der Waals surface area contributed by atoms with Crippen LogP contribution in [0.2, 0.25) is 5.02 Å². The molecule has 0 saturated carbocycles. The number of aromatic nitrogens is 4. The minimum Gasteiger partial charge on any atom is -0.394 e. The number of aliphatic hydroxyl groups is 1. The third-order valence-electron chi connectivity index (χ3n) is 5.92. The highest BCUT2D eigenvalue weighted by Gasteiger charge is 2.20. The van der Waals surface area contributed by atoms with Gasteiger partial charge in [0.2, 0.25) is 0 Å². The summed E-state index contributed by atoms with van der Waals surface area (Å²) in [4.78, 5) is 22.6. The Kier molecular flexibility index (Phi) is 6.18. The van der Waals surface area contributed by atoms with Gasteiger partial charge in [-0.15, -0.1) is 0 Å². The van der Waals surface area contributed by atoms with Crippen molar-refractivity contribution in [2.45, 2.75) is 6.04 Å². The number of amides is 1. The van der Waals surface area contributed by atoms with E-state index in [0.717, 1.165) is 42.8 Å². The van der Waals surface area contributed by atoms with Crippen LogP contribution in [-0.4, -0.2) is 64.0 Å². The second kappa shape index (κ2) is 9.41. The van der Waals surface area contributed by atoms with Crippen LogP contribution in [-0.2, 0) is 0 Å². The Bertz CT molecular complexity index is 1330. The number of H-pyrrole nitrogens is 2. The molecule has 1 aromatic carbocycles. The van der Waals surface area contributed by atoms with E-state index >= 15 is 0 Å². The Morgan fingerprint density at radius 1 is 1.26 bits per heavy atom. The van der Waals surface area contributed by atoms with Crippen LogP contribution >= 0.6 is 11.6 Å². The zero-order chi connectivity index (χ0) is 23.7. The standard InChI is InChI=1S/C23H23ClFN7O2/c24-17-7-13(1-2-18(17)25)20(12-33)29-23(34)19-8-14(10-27-19)21-16-9-15(11-28-22(16)31-30-21)32-5-3-26-4-6-32/h1-2,7-11,20,26-27,33H,3-6,12H2,(H,29,34)(H,28,30,31). The first-order valence-electron chi connectivity index (χ1n) is 10.9. The number of nitrogens with one attached hydrogen (secondary N) is 4. The Balaban J connectivity index is 1.37. The monoisotopic (exact) mass is 483 g/mol. The van der Waals surface area contributed by atoms with Gasteiger partial charge >= 0.3 is 0 Å². The van der Waals surface area contributed by atoms with Crippen LogP contribution in [0.5, 0.6) is 0 Å². The first-order valence-corrected chi connectivity index (χ1v) is 11.3. The number of halogens is 2. The Morgan fingerprint density at radius 2 is 2.09 bits per heavy atom. The molecule has 0 aliphatic carbocycles. The largest absolute Gasteiger partial charge is 0.394 e. The zero-order valence-corrected chi connectivity index (χ0v) is 18.9. The summed E-state index contributed by atoms with van der Waals surface area (Å²) in [6.07, 6.45) is 3.53. The number of aliphatic hydroxyl groups excluding tert-OH is 1. The van der Waals surface area contributed by atoms with Crippen LogP contribution in [0.15, 0.2) is 42.7 Å². The first-order chi connectivity index (χ1) is 16.5. The van der Waals surface area contributed by atoms with E-state index in [1.54, 1.807) is 12.3 Å². The van der Waals surface area contributed by atoms with Gasteiger partial charge in [0.1, 0.15) is 17.2 Å². The maximum atomic E-state index is 13.5. The van der Waals surface area contributed by atoms with Crippen molar-refractivity contribution >= 4 is 34.2 Å². The number of carbonyl (C=O) groups is 1. The molecular formula is C23H23ClFN7O2. The van der Waals surface area contributed by atoms with Crippen molar-refractivity contribution in [3.8, 4) is 11.3 Å². The summed E-state index contributed by atoms with van der Waals surface area (Å²) < 4.78 is 13.5. The van der Waals surface area contributed by atoms with Crippen LogP contribution in [0.3, 0.4) is 0 Å². The quantitative estimate of drug-likeness (QED) is 0.287. The number of piperazine rings is 1. The molecule has 0 spiro atoms. The van der Waals surface area contributed by atoms with Gasteiger partial charge in [0.05, 0.1) is 29.6 Å². The highest BCUT2D eigenvalue weighted by Crippen LogP contribution is 2.29. The predicted octanol–water partition coefficient (Wildman–Crippen LogP) is 2.62. The molecule has 4 heterocycles. The number of rotatable bonds is 6. The molecule has 9 nitrogen and oxygen atoms in total. The third-order valence-corrected chi connectivity index (χ3v) is 6.21. The normalized spacial score (nSPS) is 15.0. The SMILES string of the molecule is O=C(NC(CO)c1ccc(F)c(Cl)c1)c1cc(-c2n[nH]c3ncc(N4CCNCC4)cc23)c[nH]1. The number of carbonyl (C=O) groups excluding carboxylic acids is 1. The molecule has 5 N–H and O–H groups in total. The number of aromatic amines is 2.